The van der Waals surface area contributed by atoms with E-state index in [2.05, 4.69) is 0 Å². The second-order valence-corrected chi connectivity index (χ2v) is 6.03. The first-order chi connectivity index (χ1) is 8.52. The molecule has 1 heterocycles. The Bertz CT molecular complexity index is 605. The predicted octanol–water partition coefficient (Wildman–Crippen LogP) is 4.60. The lowest BCUT2D eigenvalue weighted by Gasteiger charge is -2.06. The summed E-state index contributed by atoms with van der Waals surface area (Å²) < 4.78 is 6.03. The van der Waals surface area contributed by atoms with Crippen LogP contribution in [-0.4, -0.2) is 12.9 Å². The van der Waals surface area contributed by atoms with Gasteiger partial charge >= 0.3 is 0 Å². The monoisotopic (exact) mass is 300 g/mol. The minimum Gasteiger partial charge on any atom is -0.497 e. The highest BCUT2D eigenvalue weighted by molar-refractivity contribution is 7.20. The standard InChI is InChI=1S/C13H10Cl2O2S/c1-7-5-8(17-2)3-4-9(7)12(16)10-6-11(14)18-13(10)15/h3-6H,1-2H3. The summed E-state index contributed by atoms with van der Waals surface area (Å²) in [5.74, 6) is 0.599. The third-order valence-electron chi connectivity index (χ3n) is 2.58. The first kappa shape index (κ1) is 13.4. The fourth-order valence-corrected chi connectivity index (χ4v) is 3.12. The molecule has 2 nitrogen and oxygen atoms in total. The van der Waals surface area contributed by atoms with Gasteiger partial charge in [0.05, 0.1) is 17.0 Å². The normalized spacial score (nSPS) is 10.4. The van der Waals surface area contributed by atoms with Crippen LogP contribution < -0.4 is 4.74 Å². The maximum Gasteiger partial charge on any atom is 0.195 e. The lowest BCUT2D eigenvalue weighted by Crippen LogP contribution is -2.03. The fraction of sp³-hybridized carbons (Fsp3) is 0.154. The number of thiophene rings is 1. The third-order valence-corrected chi connectivity index (χ3v) is 4.07. The smallest absolute Gasteiger partial charge is 0.195 e. The first-order valence-corrected chi connectivity index (χ1v) is 6.74. The topological polar surface area (TPSA) is 26.3 Å². The molecule has 0 saturated heterocycles. The number of halogens is 2. The molecular weight excluding hydrogens is 291 g/mol. The molecule has 94 valence electrons. The van der Waals surface area contributed by atoms with Crippen LogP contribution in [0.3, 0.4) is 0 Å². The second-order valence-electron chi connectivity index (χ2n) is 3.75. The summed E-state index contributed by atoms with van der Waals surface area (Å²) in [4.78, 5) is 12.3. The Hall–Kier alpha value is -1.03. The number of ether oxygens (including phenoxy) is 1. The number of benzene rings is 1. The zero-order valence-corrected chi connectivity index (χ0v) is 12.1. The molecule has 1 aromatic heterocycles. The van der Waals surface area contributed by atoms with Gasteiger partial charge in [0.2, 0.25) is 0 Å². The quantitative estimate of drug-likeness (QED) is 0.774. The molecule has 1 aromatic carbocycles. The van der Waals surface area contributed by atoms with E-state index in [1.54, 1.807) is 25.3 Å². The lowest BCUT2D eigenvalue weighted by molar-refractivity contribution is 0.103. The van der Waals surface area contributed by atoms with E-state index >= 15 is 0 Å². The lowest BCUT2D eigenvalue weighted by atomic mass is 10.0. The molecule has 0 unspecified atom stereocenters. The van der Waals surface area contributed by atoms with Crippen LogP contribution in [0.25, 0.3) is 0 Å². The summed E-state index contributed by atoms with van der Waals surface area (Å²) in [5, 5.41) is 0. The van der Waals surface area contributed by atoms with Crippen molar-refractivity contribution in [3.63, 3.8) is 0 Å². The molecule has 18 heavy (non-hydrogen) atoms. The van der Waals surface area contributed by atoms with Crippen molar-refractivity contribution in [3.8, 4) is 5.75 Å². The van der Waals surface area contributed by atoms with E-state index in [9.17, 15) is 4.79 Å². The van der Waals surface area contributed by atoms with Crippen LogP contribution in [0.4, 0.5) is 0 Å². The van der Waals surface area contributed by atoms with Gasteiger partial charge in [-0.15, -0.1) is 11.3 Å². The van der Waals surface area contributed by atoms with Crippen LogP contribution in [0.2, 0.25) is 8.67 Å². The van der Waals surface area contributed by atoms with Crippen molar-refractivity contribution in [1.29, 1.82) is 0 Å². The molecule has 0 atom stereocenters. The van der Waals surface area contributed by atoms with Gasteiger partial charge in [0.15, 0.2) is 5.78 Å². The summed E-state index contributed by atoms with van der Waals surface area (Å²) in [7, 11) is 1.59. The number of carbonyl (C=O) groups excluding carboxylic acids is 1. The highest BCUT2D eigenvalue weighted by Crippen LogP contribution is 2.33. The van der Waals surface area contributed by atoms with Crippen LogP contribution in [0.15, 0.2) is 24.3 Å². The third kappa shape index (κ3) is 2.53. The molecule has 2 rings (SSSR count). The molecule has 2 aromatic rings. The van der Waals surface area contributed by atoms with E-state index in [0.717, 1.165) is 11.3 Å². The van der Waals surface area contributed by atoms with Crippen LogP contribution in [0.1, 0.15) is 21.5 Å². The van der Waals surface area contributed by atoms with Gasteiger partial charge in [-0.1, -0.05) is 23.2 Å². The van der Waals surface area contributed by atoms with E-state index in [1.165, 1.54) is 11.3 Å². The Morgan fingerprint density at radius 1 is 1.22 bits per heavy atom. The summed E-state index contributed by atoms with van der Waals surface area (Å²) in [6.07, 6.45) is 0. The Labute approximate surface area is 119 Å². The first-order valence-electron chi connectivity index (χ1n) is 5.17. The number of ketones is 1. The van der Waals surface area contributed by atoms with Gasteiger partial charge in [-0.3, -0.25) is 4.79 Å². The Kier molecular flexibility index (Phi) is 3.95. The van der Waals surface area contributed by atoms with Gasteiger partial charge in [-0.25, -0.2) is 0 Å². The van der Waals surface area contributed by atoms with Crippen molar-refractivity contribution >= 4 is 40.3 Å². The number of methoxy groups -OCH3 is 1. The number of aryl methyl sites for hydroxylation is 1. The fourth-order valence-electron chi connectivity index (χ4n) is 1.66. The Balaban J connectivity index is 2.43. The van der Waals surface area contributed by atoms with Crippen LogP contribution in [0.5, 0.6) is 5.75 Å². The molecular formula is C13H10Cl2O2S. The Morgan fingerprint density at radius 2 is 1.94 bits per heavy atom. The summed E-state index contributed by atoms with van der Waals surface area (Å²) in [5.41, 5.74) is 1.89. The SMILES string of the molecule is COc1ccc(C(=O)c2cc(Cl)sc2Cl)c(C)c1. The van der Waals surface area contributed by atoms with Gasteiger partial charge < -0.3 is 4.74 Å². The largest absolute Gasteiger partial charge is 0.497 e. The van der Waals surface area contributed by atoms with Crippen molar-refractivity contribution in [1.82, 2.24) is 0 Å². The van der Waals surface area contributed by atoms with E-state index in [0.29, 0.717) is 19.8 Å². The predicted molar refractivity (Wildman–Crippen MR) is 75.5 cm³/mol. The molecule has 0 bridgehead atoms. The molecule has 5 heteroatoms. The molecule has 0 saturated carbocycles. The molecule has 0 aliphatic heterocycles. The molecule has 0 aliphatic rings. The molecule has 0 N–H and O–H groups in total. The average molecular weight is 301 g/mol. The zero-order chi connectivity index (χ0) is 13.3. The summed E-state index contributed by atoms with van der Waals surface area (Å²) in [6.45, 7) is 1.86. The minimum absolute atomic E-state index is 0.122. The van der Waals surface area contributed by atoms with Crippen molar-refractivity contribution in [3.05, 3.63) is 49.6 Å². The van der Waals surface area contributed by atoms with Crippen molar-refractivity contribution < 1.29 is 9.53 Å². The second kappa shape index (κ2) is 5.31. The molecule has 0 amide bonds. The van der Waals surface area contributed by atoms with Gasteiger partial charge in [0, 0.05) is 5.56 Å². The van der Waals surface area contributed by atoms with E-state index in [-0.39, 0.29) is 5.78 Å². The van der Waals surface area contributed by atoms with Gasteiger partial charge in [-0.05, 0) is 36.8 Å². The summed E-state index contributed by atoms with van der Waals surface area (Å²) in [6, 6.07) is 6.90. The molecule has 0 aliphatic carbocycles. The van der Waals surface area contributed by atoms with Crippen molar-refractivity contribution in [2.24, 2.45) is 0 Å². The maximum absolute atomic E-state index is 12.3. The molecule has 0 radical (unpaired) electrons. The number of carbonyl (C=O) groups is 1. The number of rotatable bonds is 3. The maximum atomic E-state index is 12.3. The van der Waals surface area contributed by atoms with Gasteiger partial charge in [0.25, 0.3) is 0 Å². The molecule has 0 spiro atoms. The van der Waals surface area contributed by atoms with E-state index < -0.39 is 0 Å². The summed E-state index contributed by atoms with van der Waals surface area (Å²) >= 11 is 13.0. The zero-order valence-electron chi connectivity index (χ0n) is 9.79. The number of hydrogen-bond donors (Lipinski definition) is 0. The van der Waals surface area contributed by atoms with Gasteiger partial charge in [-0.2, -0.15) is 0 Å². The van der Waals surface area contributed by atoms with E-state index in [4.69, 9.17) is 27.9 Å². The highest BCUT2D eigenvalue weighted by Gasteiger charge is 2.18. The average Bonchev–Trinajstić information content (AvgIpc) is 2.67. The highest BCUT2D eigenvalue weighted by atomic mass is 35.5. The minimum atomic E-state index is -0.122. The van der Waals surface area contributed by atoms with E-state index in [1.807, 2.05) is 13.0 Å². The Morgan fingerprint density at radius 3 is 2.44 bits per heavy atom. The van der Waals surface area contributed by atoms with Crippen molar-refractivity contribution in [2.45, 2.75) is 6.92 Å². The van der Waals surface area contributed by atoms with Gasteiger partial charge in [0.1, 0.15) is 10.1 Å². The van der Waals surface area contributed by atoms with Crippen LogP contribution in [-0.2, 0) is 0 Å². The number of hydrogen-bond acceptors (Lipinski definition) is 3. The van der Waals surface area contributed by atoms with Crippen molar-refractivity contribution in [2.75, 3.05) is 7.11 Å². The molecule has 0 fully saturated rings. The van der Waals surface area contributed by atoms with Crippen LogP contribution >= 0.6 is 34.5 Å². The van der Waals surface area contributed by atoms with Crippen LogP contribution in [0, 0.1) is 6.92 Å².